The van der Waals surface area contributed by atoms with Crippen LogP contribution in [0, 0.1) is 0 Å². The monoisotopic (exact) mass is 359 g/mol. The van der Waals surface area contributed by atoms with Crippen molar-refractivity contribution in [3.05, 3.63) is 58.6 Å². The molecule has 2 heterocycles. The Morgan fingerprint density at radius 3 is 2.83 bits per heavy atom. The van der Waals surface area contributed by atoms with Crippen molar-refractivity contribution in [2.45, 2.75) is 26.3 Å². The van der Waals surface area contributed by atoms with E-state index in [0.29, 0.717) is 10.7 Å². The Hall–Kier alpha value is -2.11. The fourth-order valence-electron chi connectivity index (χ4n) is 2.29. The van der Waals surface area contributed by atoms with E-state index in [1.54, 1.807) is 28.2 Å². The average molecular weight is 360 g/mol. The van der Waals surface area contributed by atoms with Crippen LogP contribution in [0.2, 0.25) is 5.02 Å². The number of nitrogens with one attached hydrogen (secondary N) is 1. The molecule has 3 rings (SSSR count). The van der Waals surface area contributed by atoms with Crippen molar-refractivity contribution >= 4 is 28.8 Å². The van der Waals surface area contributed by atoms with Gasteiger partial charge in [-0.1, -0.05) is 30.7 Å². The highest BCUT2D eigenvalue weighted by Gasteiger charge is 2.19. The molecule has 1 aromatic carbocycles. The van der Waals surface area contributed by atoms with Gasteiger partial charge in [0.05, 0.1) is 10.6 Å². The van der Waals surface area contributed by atoms with Crippen LogP contribution in [-0.2, 0) is 0 Å². The maximum atomic E-state index is 12.7. The normalized spacial score (nSPS) is 12.1. The Kier molecular flexibility index (Phi) is 5.02. The lowest BCUT2D eigenvalue weighted by molar-refractivity contribution is 0.0931. The molecule has 0 spiro atoms. The van der Waals surface area contributed by atoms with E-state index in [4.69, 9.17) is 11.6 Å². The Bertz CT molecular complexity index is 842. The fraction of sp³-hybridized carbons (Fsp3) is 0.222. The third-order valence-corrected chi connectivity index (χ3v) is 4.89. The summed E-state index contributed by atoms with van der Waals surface area (Å²) in [4.78, 5) is 13.7. The van der Waals surface area contributed by atoms with Crippen LogP contribution < -0.4 is 5.32 Å². The molecule has 0 radical (unpaired) electrons. The summed E-state index contributed by atoms with van der Waals surface area (Å²) in [7, 11) is 0. The van der Waals surface area contributed by atoms with Crippen LogP contribution >= 0.6 is 22.9 Å². The zero-order valence-corrected chi connectivity index (χ0v) is 15.1. The first-order valence-corrected chi connectivity index (χ1v) is 9.05. The number of amides is 1. The molecular formula is C18H18ClN3OS. The molecule has 0 unspecified atom stereocenters. The minimum absolute atomic E-state index is 0.102. The van der Waals surface area contributed by atoms with E-state index in [9.17, 15) is 4.79 Å². The summed E-state index contributed by atoms with van der Waals surface area (Å²) < 4.78 is 1.65. The van der Waals surface area contributed by atoms with Gasteiger partial charge in [-0.15, -0.1) is 11.3 Å². The first-order chi connectivity index (χ1) is 11.6. The van der Waals surface area contributed by atoms with Crippen LogP contribution in [0.15, 0.2) is 47.8 Å². The lowest BCUT2D eigenvalue weighted by Gasteiger charge is -2.12. The summed E-state index contributed by atoms with van der Waals surface area (Å²) in [5.41, 5.74) is 2.04. The second kappa shape index (κ2) is 7.20. The van der Waals surface area contributed by atoms with Crippen molar-refractivity contribution in [1.29, 1.82) is 0 Å². The van der Waals surface area contributed by atoms with Crippen molar-refractivity contribution in [2.24, 2.45) is 0 Å². The molecule has 3 aromatic rings. The number of rotatable bonds is 5. The molecule has 2 aromatic heterocycles. The highest BCUT2D eigenvalue weighted by atomic mass is 35.5. The van der Waals surface area contributed by atoms with E-state index < -0.39 is 0 Å². The predicted molar refractivity (Wildman–Crippen MR) is 99.1 cm³/mol. The molecule has 1 N–H and O–H groups in total. The lowest BCUT2D eigenvalue weighted by Crippen LogP contribution is -2.33. The summed E-state index contributed by atoms with van der Waals surface area (Å²) in [6, 6.07) is 13.2. The van der Waals surface area contributed by atoms with Gasteiger partial charge in [0.2, 0.25) is 0 Å². The van der Waals surface area contributed by atoms with Gasteiger partial charge in [-0.25, -0.2) is 4.68 Å². The highest BCUT2D eigenvalue weighted by molar-refractivity contribution is 7.13. The Morgan fingerprint density at radius 1 is 1.33 bits per heavy atom. The van der Waals surface area contributed by atoms with Gasteiger partial charge in [-0.05, 0) is 49.1 Å². The zero-order chi connectivity index (χ0) is 17.1. The van der Waals surface area contributed by atoms with E-state index in [-0.39, 0.29) is 11.9 Å². The predicted octanol–water partition coefficient (Wildman–Crippen LogP) is 4.78. The van der Waals surface area contributed by atoms with Crippen molar-refractivity contribution in [2.75, 3.05) is 0 Å². The molecule has 0 bridgehead atoms. The second-order valence-corrected chi connectivity index (χ2v) is 6.95. The van der Waals surface area contributed by atoms with Crippen LogP contribution in [0.25, 0.3) is 16.3 Å². The summed E-state index contributed by atoms with van der Waals surface area (Å²) in [6.45, 7) is 4.02. The van der Waals surface area contributed by atoms with Gasteiger partial charge in [0.15, 0.2) is 0 Å². The summed E-state index contributed by atoms with van der Waals surface area (Å²) in [5, 5.41) is 10.2. The van der Waals surface area contributed by atoms with Crippen LogP contribution in [0.1, 0.15) is 30.8 Å². The van der Waals surface area contributed by atoms with E-state index in [1.807, 2.05) is 49.6 Å². The van der Waals surface area contributed by atoms with Crippen molar-refractivity contribution in [1.82, 2.24) is 15.1 Å². The van der Waals surface area contributed by atoms with E-state index >= 15 is 0 Å². The Morgan fingerprint density at radius 2 is 2.17 bits per heavy atom. The number of hydrogen-bond acceptors (Lipinski definition) is 3. The number of hydrogen-bond donors (Lipinski definition) is 1. The minimum atomic E-state index is -0.139. The van der Waals surface area contributed by atoms with Gasteiger partial charge in [0, 0.05) is 11.1 Å². The van der Waals surface area contributed by atoms with Gasteiger partial charge in [0.1, 0.15) is 11.4 Å². The molecule has 0 aliphatic rings. The second-order valence-electron chi connectivity index (χ2n) is 5.57. The molecule has 124 valence electrons. The SMILES string of the molecule is CC[C@@H](C)NC(=O)c1cc(-c2cccs2)nn1-c1cccc(Cl)c1. The Balaban J connectivity index is 2.06. The smallest absolute Gasteiger partial charge is 0.270 e. The van der Waals surface area contributed by atoms with Crippen LogP contribution in [0.3, 0.4) is 0 Å². The largest absolute Gasteiger partial charge is 0.348 e. The molecule has 1 amide bonds. The Labute approximate surface area is 150 Å². The van der Waals surface area contributed by atoms with Crippen LogP contribution in [0.5, 0.6) is 0 Å². The van der Waals surface area contributed by atoms with Crippen LogP contribution in [-0.4, -0.2) is 21.7 Å². The van der Waals surface area contributed by atoms with Crippen molar-refractivity contribution < 1.29 is 4.79 Å². The van der Waals surface area contributed by atoms with Gasteiger partial charge in [0.25, 0.3) is 5.91 Å². The average Bonchev–Trinajstić information content (AvgIpc) is 3.23. The third-order valence-electron chi connectivity index (χ3n) is 3.76. The third kappa shape index (κ3) is 3.52. The summed E-state index contributed by atoms with van der Waals surface area (Å²) in [5.74, 6) is -0.139. The van der Waals surface area contributed by atoms with Gasteiger partial charge >= 0.3 is 0 Å². The standard InChI is InChI=1S/C18H18ClN3OS/c1-3-12(2)20-18(23)16-11-15(17-8-5-9-24-17)21-22(16)14-7-4-6-13(19)10-14/h4-12H,3H2,1-2H3,(H,20,23)/t12-/m1/s1. The molecule has 6 heteroatoms. The summed E-state index contributed by atoms with van der Waals surface area (Å²) in [6.07, 6.45) is 0.870. The molecular weight excluding hydrogens is 342 g/mol. The topological polar surface area (TPSA) is 46.9 Å². The van der Waals surface area contributed by atoms with Crippen molar-refractivity contribution in [3.63, 3.8) is 0 Å². The number of carbonyl (C=O) groups is 1. The van der Waals surface area contributed by atoms with Crippen molar-refractivity contribution in [3.8, 4) is 16.3 Å². The first kappa shape index (κ1) is 16.7. The molecule has 0 fully saturated rings. The highest BCUT2D eigenvalue weighted by Crippen LogP contribution is 2.26. The molecule has 0 saturated heterocycles. The molecule has 24 heavy (non-hydrogen) atoms. The first-order valence-electron chi connectivity index (χ1n) is 7.79. The van der Waals surface area contributed by atoms with Gasteiger partial charge in [-0.3, -0.25) is 4.79 Å². The van der Waals surface area contributed by atoms with Crippen LogP contribution in [0.4, 0.5) is 0 Å². The number of aromatic nitrogens is 2. The van der Waals surface area contributed by atoms with E-state index in [2.05, 4.69) is 10.4 Å². The lowest BCUT2D eigenvalue weighted by atomic mass is 10.2. The number of nitrogens with zero attached hydrogens (tertiary/aromatic N) is 2. The molecule has 1 atom stereocenters. The molecule has 0 aliphatic carbocycles. The maximum absolute atomic E-state index is 12.7. The zero-order valence-electron chi connectivity index (χ0n) is 13.5. The summed E-state index contributed by atoms with van der Waals surface area (Å²) >= 11 is 7.69. The minimum Gasteiger partial charge on any atom is -0.348 e. The van der Waals surface area contributed by atoms with E-state index in [0.717, 1.165) is 22.7 Å². The van der Waals surface area contributed by atoms with Gasteiger partial charge in [-0.2, -0.15) is 5.10 Å². The molecule has 0 aliphatic heterocycles. The number of thiophene rings is 1. The molecule has 4 nitrogen and oxygen atoms in total. The molecule has 0 saturated carbocycles. The number of carbonyl (C=O) groups excluding carboxylic acids is 1. The number of halogens is 1. The number of benzene rings is 1. The maximum Gasteiger partial charge on any atom is 0.270 e. The van der Waals surface area contributed by atoms with Gasteiger partial charge < -0.3 is 5.32 Å². The fourth-order valence-corrected chi connectivity index (χ4v) is 3.16. The van der Waals surface area contributed by atoms with E-state index in [1.165, 1.54) is 0 Å². The quantitative estimate of drug-likeness (QED) is 0.712.